The van der Waals surface area contributed by atoms with E-state index in [9.17, 15) is 4.79 Å². The fourth-order valence-corrected chi connectivity index (χ4v) is 2.39. The van der Waals surface area contributed by atoms with Crippen LogP contribution in [0.1, 0.15) is 54.5 Å². The fraction of sp³-hybridized carbons (Fsp3) is 0.615. The van der Waals surface area contributed by atoms with Gasteiger partial charge in [0.25, 0.3) is 0 Å². The summed E-state index contributed by atoms with van der Waals surface area (Å²) in [6, 6.07) is 2.49. The summed E-state index contributed by atoms with van der Waals surface area (Å²) in [4.78, 5) is 12.0. The van der Waals surface area contributed by atoms with Gasteiger partial charge in [-0.2, -0.15) is 0 Å². The van der Waals surface area contributed by atoms with E-state index < -0.39 is 0 Å². The summed E-state index contributed by atoms with van der Waals surface area (Å²) in [6.07, 6.45) is 2.17. The molecule has 0 unspecified atom stereocenters. The molecule has 2 rings (SSSR count). The second kappa shape index (κ2) is 3.51. The number of Topliss-reactive ketones (excluding diaryl/α,β-unsaturated/α-hetero) is 1. The highest BCUT2D eigenvalue weighted by Gasteiger charge is 2.32. The van der Waals surface area contributed by atoms with Crippen molar-refractivity contribution in [3.63, 3.8) is 0 Å². The smallest absolute Gasteiger partial charge is 0.167 e. The average molecular weight is 205 g/mol. The van der Waals surface area contributed by atoms with Crippen LogP contribution in [0.2, 0.25) is 0 Å². The van der Waals surface area contributed by atoms with Crippen LogP contribution in [-0.4, -0.2) is 10.4 Å². The molecule has 0 bridgehead atoms. The molecule has 1 aliphatic rings. The average Bonchev–Trinajstić information content (AvgIpc) is 2.91. The lowest BCUT2D eigenvalue weighted by Crippen LogP contribution is -2.07. The maximum absolute atomic E-state index is 12.0. The Labute approximate surface area is 91.3 Å². The minimum atomic E-state index is 0.325. The van der Waals surface area contributed by atoms with E-state index in [1.165, 1.54) is 5.69 Å². The van der Waals surface area contributed by atoms with E-state index in [2.05, 4.69) is 38.3 Å². The van der Waals surface area contributed by atoms with Crippen LogP contribution in [0.5, 0.6) is 0 Å². The Kier molecular flexibility index (Phi) is 2.45. The van der Waals surface area contributed by atoms with Crippen molar-refractivity contribution in [3.05, 3.63) is 23.0 Å². The Morgan fingerprint density at radius 3 is 2.40 bits per heavy atom. The number of hydrogen-bond acceptors (Lipinski definition) is 1. The van der Waals surface area contributed by atoms with Crippen LogP contribution in [0.15, 0.2) is 6.07 Å². The first-order valence-corrected chi connectivity index (χ1v) is 5.75. The molecule has 0 saturated heterocycles. The lowest BCUT2D eigenvalue weighted by Gasteiger charge is -2.13. The van der Waals surface area contributed by atoms with E-state index in [4.69, 9.17) is 0 Å². The highest BCUT2D eigenvalue weighted by molar-refractivity contribution is 6.00. The Bertz CT molecular complexity index is 397. The van der Waals surface area contributed by atoms with Crippen molar-refractivity contribution in [1.29, 1.82) is 0 Å². The highest BCUT2D eigenvalue weighted by Crippen LogP contribution is 2.34. The molecule has 82 valence electrons. The zero-order chi connectivity index (χ0) is 11.2. The van der Waals surface area contributed by atoms with Gasteiger partial charge in [0.2, 0.25) is 0 Å². The van der Waals surface area contributed by atoms with Gasteiger partial charge in [0.15, 0.2) is 5.78 Å². The van der Waals surface area contributed by atoms with Gasteiger partial charge < -0.3 is 4.57 Å². The van der Waals surface area contributed by atoms with E-state index in [0.717, 1.165) is 24.1 Å². The van der Waals surface area contributed by atoms with Crippen molar-refractivity contribution in [2.24, 2.45) is 5.92 Å². The summed E-state index contributed by atoms with van der Waals surface area (Å²) in [5.41, 5.74) is 3.29. The fourth-order valence-electron chi connectivity index (χ4n) is 2.39. The zero-order valence-corrected chi connectivity index (χ0v) is 10.0. The standard InChI is InChI=1S/C13H19NO/c1-8(2)14-9(3)7-12(10(14)4)13(15)11-5-6-11/h7-8,11H,5-6H2,1-4H3. The SMILES string of the molecule is Cc1cc(C(=O)C2CC2)c(C)n1C(C)C. The molecular formula is C13H19NO. The quantitative estimate of drug-likeness (QED) is 0.694. The summed E-state index contributed by atoms with van der Waals surface area (Å²) < 4.78 is 2.25. The van der Waals surface area contributed by atoms with Crippen LogP contribution in [0.4, 0.5) is 0 Å². The van der Waals surface area contributed by atoms with Crippen LogP contribution >= 0.6 is 0 Å². The third-order valence-corrected chi connectivity index (χ3v) is 3.21. The summed E-state index contributed by atoms with van der Waals surface area (Å²) in [6.45, 7) is 8.45. The Morgan fingerprint density at radius 2 is 2.00 bits per heavy atom. The first-order chi connectivity index (χ1) is 7.02. The van der Waals surface area contributed by atoms with Crippen LogP contribution in [0.25, 0.3) is 0 Å². The third-order valence-electron chi connectivity index (χ3n) is 3.21. The van der Waals surface area contributed by atoms with E-state index in [-0.39, 0.29) is 0 Å². The van der Waals surface area contributed by atoms with Gasteiger partial charge in [0.1, 0.15) is 0 Å². The molecule has 1 aromatic rings. The van der Waals surface area contributed by atoms with Crippen molar-refractivity contribution in [1.82, 2.24) is 4.57 Å². The Morgan fingerprint density at radius 1 is 1.40 bits per heavy atom. The summed E-state index contributed by atoms with van der Waals surface area (Å²) >= 11 is 0. The largest absolute Gasteiger partial charge is 0.346 e. The number of aryl methyl sites for hydroxylation is 1. The molecule has 1 aromatic heterocycles. The molecule has 0 spiro atoms. The molecular weight excluding hydrogens is 186 g/mol. The molecule has 2 nitrogen and oxygen atoms in total. The van der Waals surface area contributed by atoms with Gasteiger partial charge in [-0.05, 0) is 46.6 Å². The van der Waals surface area contributed by atoms with Crippen LogP contribution in [0, 0.1) is 19.8 Å². The van der Waals surface area contributed by atoms with Gasteiger partial charge in [0, 0.05) is 28.9 Å². The zero-order valence-electron chi connectivity index (χ0n) is 10.0. The first kappa shape index (κ1) is 10.5. The monoisotopic (exact) mass is 205 g/mol. The van der Waals surface area contributed by atoms with Crippen LogP contribution in [-0.2, 0) is 0 Å². The van der Waals surface area contributed by atoms with Crippen molar-refractivity contribution >= 4 is 5.78 Å². The highest BCUT2D eigenvalue weighted by atomic mass is 16.1. The Balaban J connectivity index is 2.40. The summed E-state index contributed by atoms with van der Waals surface area (Å²) in [5, 5.41) is 0. The van der Waals surface area contributed by atoms with Crippen molar-refractivity contribution in [3.8, 4) is 0 Å². The van der Waals surface area contributed by atoms with Gasteiger partial charge in [0.05, 0.1) is 0 Å². The number of nitrogens with zero attached hydrogens (tertiary/aromatic N) is 1. The second-order valence-corrected chi connectivity index (χ2v) is 4.89. The van der Waals surface area contributed by atoms with Gasteiger partial charge >= 0.3 is 0 Å². The van der Waals surface area contributed by atoms with E-state index in [1.807, 2.05) is 0 Å². The predicted molar refractivity (Wildman–Crippen MR) is 61.3 cm³/mol. The molecule has 1 aliphatic carbocycles. The van der Waals surface area contributed by atoms with E-state index in [0.29, 0.717) is 17.7 Å². The normalized spacial score (nSPS) is 16.1. The molecule has 15 heavy (non-hydrogen) atoms. The van der Waals surface area contributed by atoms with Crippen LogP contribution in [0.3, 0.4) is 0 Å². The summed E-state index contributed by atoms with van der Waals surface area (Å²) in [7, 11) is 0. The van der Waals surface area contributed by atoms with Gasteiger partial charge in [-0.3, -0.25) is 4.79 Å². The van der Waals surface area contributed by atoms with E-state index >= 15 is 0 Å². The van der Waals surface area contributed by atoms with Gasteiger partial charge in [-0.15, -0.1) is 0 Å². The van der Waals surface area contributed by atoms with Gasteiger partial charge in [-0.25, -0.2) is 0 Å². The minimum Gasteiger partial charge on any atom is -0.346 e. The predicted octanol–water partition coefficient (Wildman–Crippen LogP) is 3.28. The number of rotatable bonds is 3. The van der Waals surface area contributed by atoms with E-state index in [1.54, 1.807) is 0 Å². The maximum Gasteiger partial charge on any atom is 0.167 e. The van der Waals surface area contributed by atoms with Crippen LogP contribution < -0.4 is 0 Å². The lowest BCUT2D eigenvalue weighted by molar-refractivity contribution is 0.0967. The van der Waals surface area contributed by atoms with Crippen molar-refractivity contribution in [2.75, 3.05) is 0 Å². The number of carbonyl (C=O) groups excluding carboxylic acids is 1. The molecule has 2 heteroatoms. The second-order valence-electron chi connectivity index (χ2n) is 4.89. The molecule has 1 saturated carbocycles. The number of aromatic nitrogens is 1. The molecule has 1 heterocycles. The van der Waals surface area contributed by atoms with Gasteiger partial charge in [-0.1, -0.05) is 0 Å². The molecule has 1 fully saturated rings. The molecule has 0 aromatic carbocycles. The number of hydrogen-bond donors (Lipinski definition) is 0. The number of ketones is 1. The molecule has 0 N–H and O–H groups in total. The Hall–Kier alpha value is -1.05. The van der Waals surface area contributed by atoms with Crippen molar-refractivity contribution < 1.29 is 4.79 Å². The molecule has 0 aliphatic heterocycles. The lowest BCUT2D eigenvalue weighted by atomic mass is 10.1. The molecule has 0 amide bonds. The number of carbonyl (C=O) groups is 1. The molecule has 0 radical (unpaired) electrons. The topological polar surface area (TPSA) is 22.0 Å². The molecule has 0 atom stereocenters. The maximum atomic E-state index is 12.0. The summed E-state index contributed by atoms with van der Waals surface area (Å²) in [5.74, 6) is 0.682. The third kappa shape index (κ3) is 1.73. The van der Waals surface area contributed by atoms with Crippen molar-refractivity contribution in [2.45, 2.75) is 46.6 Å². The minimum absolute atomic E-state index is 0.325. The first-order valence-electron chi connectivity index (χ1n) is 5.75.